The summed E-state index contributed by atoms with van der Waals surface area (Å²) in [6.45, 7) is 0. The highest BCUT2D eigenvalue weighted by atomic mass is 16.5. The van der Waals surface area contributed by atoms with Gasteiger partial charge in [-0.3, -0.25) is 0 Å². The van der Waals surface area contributed by atoms with Crippen molar-refractivity contribution < 1.29 is 19.7 Å². The van der Waals surface area contributed by atoms with E-state index in [9.17, 15) is 10.2 Å². The van der Waals surface area contributed by atoms with Crippen molar-refractivity contribution in [3.63, 3.8) is 0 Å². The Labute approximate surface area is 185 Å². The molecule has 0 saturated heterocycles. The maximum absolute atomic E-state index is 9.70. The van der Waals surface area contributed by atoms with E-state index in [1.807, 2.05) is 0 Å². The number of rotatable bonds is 4. The average molecular weight is 424 g/mol. The number of phenolic OH excluding ortho intramolecular Hbond substituents is 2. The normalized spacial score (nSPS) is 10.3. The third kappa shape index (κ3) is 4.23. The van der Waals surface area contributed by atoms with Crippen LogP contribution in [0.5, 0.6) is 34.5 Å². The Kier molecular flexibility index (Phi) is 5.47. The molecule has 0 aromatic heterocycles. The number of phenols is 2. The zero-order valence-electron chi connectivity index (χ0n) is 16.9. The number of hydrogen-bond acceptors (Lipinski definition) is 6. The summed E-state index contributed by atoms with van der Waals surface area (Å²) in [5, 5.41) is 19.4. The van der Waals surface area contributed by atoms with Crippen LogP contribution in [-0.2, 0) is 0 Å². The fourth-order valence-electron chi connectivity index (χ4n) is 2.91. The lowest BCUT2D eigenvalue weighted by Crippen LogP contribution is -1.94. The van der Waals surface area contributed by atoms with Gasteiger partial charge in [0.25, 0.3) is 0 Å². The molecule has 0 atom stereocenters. The first-order chi connectivity index (χ1) is 15.4. The van der Waals surface area contributed by atoms with Crippen LogP contribution in [0.4, 0.5) is 11.4 Å². The van der Waals surface area contributed by atoms with Gasteiger partial charge in [-0.1, -0.05) is 36.3 Å². The molecule has 0 heterocycles. The number of terminal acetylenes is 1. The predicted molar refractivity (Wildman–Crippen MR) is 125 cm³/mol. The van der Waals surface area contributed by atoms with Crippen molar-refractivity contribution in [2.75, 3.05) is 11.5 Å². The molecule has 3 aromatic carbocycles. The van der Waals surface area contributed by atoms with Crippen LogP contribution in [0.15, 0.2) is 78.9 Å². The summed E-state index contributed by atoms with van der Waals surface area (Å²) in [4.78, 5) is 0. The number of ether oxygens (including phenoxy) is 2. The van der Waals surface area contributed by atoms with Gasteiger partial charge in [0.15, 0.2) is 0 Å². The minimum atomic E-state index is -0.0884. The number of hydrogen-bond donors (Lipinski definition) is 4. The van der Waals surface area contributed by atoms with Gasteiger partial charge in [0.1, 0.15) is 40.1 Å². The minimum Gasteiger partial charge on any atom is -0.506 e. The topological polar surface area (TPSA) is 111 Å². The summed E-state index contributed by atoms with van der Waals surface area (Å²) in [6, 6.07) is 22.6. The number of anilines is 2. The lowest BCUT2D eigenvalue weighted by atomic mass is 9.95. The molecule has 0 amide bonds. The van der Waals surface area contributed by atoms with E-state index >= 15 is 0 Å². The number of fused-ring (bicyclic) bond motifs is 1. The van der Waals surface area contributed by atoms with Crippen LogP contribution < -0.4 is 20.9 Å². The molecule has 6 heteroatoms. The molecule has 0 spiro atoms. The van der Waals surface area contributed by atoms with Crippen LogP contribution in [0.2, 0.25) is 0 Å². The van der Waals surface area contributed by atoms with Crippen LogP contribution in [0, 0.1) is 12.3 Å². The fraction of sp³-hybridized carbons (Fsp3) is 0. The third-order valence-electron chi connectivity index (χ3n) is 4.81. The van der Waals surface area contributed by atoms with Crippen molar-refractivity contribution in [3.8, 4) is 58.0 Å². The summed E-state index contributed by atoms with van der Waals surface area (Å²) in [6.07, 6.45) is 5.62. The third-order valence-corrected chi connectivity index (χ3v) is 4.81. The maximum Gasteiger partial charge on any atom is 0.146 e. The molecule has 6 nitrogen and oxygen atoms in total. The first kappa shape index (κ1) is 20.5. The number of aromatic hydroxyl groups is 2. The van der Waals surface area contributed by atoms with E-state index in [-0.39, 0.29) is 22.9 Å². The van der Waals surface area contributed by atoms with E-state index < -0.39 is 0 Å². The van der Waals surface area contributed by atoms with Gasteiger partial charge < -0.3 is 31.2 Å². The monoisotopic (exact) mass is 424 g/mol. The second-order valence-electron chi connectivity index (χ2n) is 7.00. The van der Waals surface area contributed by atoms with Gasteiger partial charge in [-0.2, -0.15) is 0 Å². The van der Waals surface area contributed by atoms with Crippen molar-refractivity contribution in [1.29, 1.82) is 0 Å². The number of benzene rings is 4. The molecule has 158 valence electrons. The van der Waals surface area contributed by atoms with Gasteiger partial charge in [-0.15, -0.1) is 6.42 Å². The van der Waals surface area contributed by atoms with Crippen molar-refractivity contribution in [2.45, 2.75) is 0 Å². The molecule has 6 N–H and O–H groups in total. The van der Waals surface area contributed by atoms with Gasteiger partial charge in [0.2, 0.25) is 0 Å². The molecule has 2 aliphatic carbocycles. The highest BCUT2D eigenvalue weighted by Crippen LogP contribution is 2.37. The number of nitrogen functional groups attached to an aromatic ring is 2. The Balaban J connectivity index is 0.000000346. The zero-order valence-corrected chi connectivity index (χ0v) is 16.9. The molecule has 5 rings (SSSR count). The largest absolute Gasteiger partial charge is 0.506 e. The SMILES string of the molecule is C#Cc1c(Oc2ccc(N)c(O)c2)cccc1Oc1ccc(N)c(O)c1.c1cc2ccc1-2. The number of nitrogens with two attached hydrogens (primary N) is 2. The van der Waals surface area contributed by atoms with Crippen LogP contribution in [0.25, 0.3) is 11.1 Å². The Morgan fingerprint density at radius 3 is 1.41 bits per heavy atom. The van der Waals surface area contributed by atoms with E-state index in [0.717, 1.165) is 0 Å². The predicted octanol–water partition coefficient (Wildman–Crippen LogP) is 5.50. The summed E-state index contributed by atoms with van der Waals surface area (Å²) in [5.74, 6) is 3.84. The molecule has 0 radical (unpaired) electrons. The van der Waals surface area contributed by atoms with Crippen LogP contribution in [0.3, 0.4) is 0 Å². The van der Waals surface area contributed by atoms with Gasteiger partial charge in [0.05, 0.1) is 11.4 Å². The zero-order chi connectivity index (χ0) is 22.7. The van der Waals surface area contributed by atoms with Crippen LogP contribution in [-0.4, -0.2) is 10.2 Å². The van der Waals surface area contributed by atoms with Gasteiger partial charge >= 0.3 is 0 Å². The smallest absolute Gasteiger partial charge is 0.146 e. The molecule has 32 heavy (non-hydrogen) atoms. The quantitative estimate of drug-likeness (QED) is 0.172. The van der Waals surface area contributed by atoms with E-state index in [4.69, 9.17) is 27.4 Å². The van der Waals surface area contributed by atoms with Crippen molar-refractivity contribution in [1.82, 2.24) is 0 Å². The second-order valence-corrected chi connectivity index (χ2v) is 7.00. The molecule has 3 aromatic rings. The lowest BCUT2D eigenvalue weighted by Gasteiger charge is -2.13. The Morgan fingerprint density at radius 1 is 0.656 bits per heavy atom. The molecule has 0 saturated carbocycles. The summed E-state index contributed by atoms with van der Waals surface area (Å²) >= 11 is 0. The first-order valence-electron chi connectivity index (χ1n) is 9.67. The van der Waals surface area contributed by atoms with Gasteiger partial charge in [-0.25, -0.2) is 0 Å². The van der Waals surface area contributed by atoms with E-state index in [0.29, 0.717) is 28.6 Å². The van der Waals surface area contributed by atoms with Gasteiger partial charge in [-0.05, 0) is 47.5 Å². The molecular weight excluding hydrogens is 404 g/mol. The molecule has 0 bridgehead atoms. The van der Waals surface area contributed by atoms with Crippen molar-refractivity contribution in [2.24, 2.45) is 0 Å². The first-order valence-corrected chi connectivity index (χ1v) is 9.67. The van der Waals surface area contributed by atoms with E-state index in [1.54, 1.807) is 30.3 Å². The summed E-state index contributed by atoms with van der Waals surface area (Å²) in [7, 11) is 0. The Bertz CT molecular complexity index is 1230. The molecule has 0 aliphatic heterocycles. The Hall–Kier alpha value is -4.76. The molecule has 0 unspecified atom stereocenters. The van der Waals surface area contributed by atoms with Crippen molar-refractivity contribution >= 4 is 11.4 Å². The minimum absolute atomic E-state index is 0.0884. The molecular formula is C26H20N2O4. The molecule has 2 aliphatic rings. The lowest BCUT2D eigenvalue weighted by molar-refractivity contribution is 0.444. The van der Waals surface area contributed by atoms with Crippen LogP contribution >= 0.6 is 0 Å². The standard InChI is InChI=1S/C20H16N2O4.C6H4/c1-2-14-19(25-12-6-8-15(21)17(23)10-12)4-3-5-20(14)26-13-7-9-16(22)18(24)11-13;1-2-6-4-3-5(1)6/h1,3-11,23-24H,21-22H2;1-4H. The van der Waals surface area contributed by atoms with E-state index in [2.05, 4.69) is 30.2 Å². The highest BCUT2D eigenvalue weighted by Gasteiger charge is 2.12. The Morgan fingerprint density at radius 2 is 1.09 bits per heavy atom. The van der Waals surface area contributed by atoms with Gasteiger partial charge in [0, 0.05) is 12.1 Å². The molecule has 0 fully saturated rings. The van der Waals surface area contributed by atoms with Crippen molar-refractivity contribution in [3.05, 3.63) is 84.4 Å². The maximum atomic E-state index is 9.70. The summed E-state index contributed by atoms with van der Waals surface area (Å²) in [5.41, 5.74) is 14.9. The van der Waals surface area contributed by atoms with E-state index in [1.165, 1.54) is 35.4 Å². The summed E-state index contributed by atoms with van der Waals surface area (Å²) < 4.78 is 11.5. The average Bonchev–Trinajstić information content (AvgIpc) is 2.76. The second kappa shape index (κ2) is 8.54. The fourth-order valence-corrected chi connectivity index (χ4v) is 2.91. The highest BCUT2D eigenvalue weighted by molar-refractivity contribution is 5.75. The van der Waals surface area contributed by atoms with Crippen LogP contribution in [0.1, 0.15) is 5.56 Å².